The first-order chi connectivity index (χ1) is 7.18. The number of ether oxygens (including phenoxy) is 1. The Morgan fingerprint density at radius 2 is 2.33 bits per heavy atom. The molecular formula is C11H11NO3. The van der Waals surface area contributed by atoms with Gasteiger partial charge in [0.2, 0.25) is 0 Å². The number of pyridine rings is 1. The summed E-state index contributed by atoms with van der Waals surface area (Å²) in [5.41, 5.74) is 1.04. The number of rotatable bonds is 2. The normalized spacial score (nSPS) is 10.9. The predicted octanol–water partition coefficient (Wildman–Crippen LogP) is 2.39. The van der Waals surface area contributed by atoms with Gasteiger partial charge in [0.05, 0.1) is 12.3 Å². The number of hydrogen-bond donors (Lipinski definition) is 0. The second kappa shape index (κ2) is 3.73. The van der Waals surface area contributed by atoms with Crippen LogP contribution in [0.2, 0.25) is 0 Å². The maximum Gasteiger partial charge on any atom is 0.342 e. The van der Waals surface area contributed by atoms with Crippen molar-refractivity contribution in [1.82, 2.24) is 4.98 Å². The van der Waals surface area contributed by atoms with Gasteiger partial charge in [-0.2, -0.15) is 0 Å². The maximum absolute atomic E-state index is 11.6. The molecule has 0 bridgehead atoms. The van der Waals surface area contributed by atoms with Crippen LogP contribution in [0.1, 0.15) is 24.2 Å². The van der Waals surface area contributed by atoms with Crippen LogP contribution in [0.3, 0.4) is 0 Å². The quantitative estimate of drug-likeness (QED) is 0.706. The summed E-state index contributed by atoms with van der Waals surface area (Å²) in [7, 11) is 0. The van der Waals surface area contributed by atoms with Crippen molar-refractivity contribution in [1.29, 1.82) is 0 Å². The third-order valence-corrected chi connectivity index (χ3v) is 1.94. The highest BCUT2D eigenvalue weighted by Gasteiger charge is 2.15. The first-order valence-corrected chi connectivity index (χ1v) is 4.70. The number of esters is 1. The van der Waals surface area contributed by atoms with E-state index in [2.05, 4.69) is 4.98 Å². The number of hydrogen-bond acceptors (Lipinski definition) is 4. The molecule has 0 radical (unpaired) electrons. The van der Waals surface area contributed by atoms with Crippen LogP contribution in [0, 0.1) is 0 Å². The molecular weight excluding hydrogens is 194 g/mol. The first-order valence-electron chi connectivity index (χ1n) is 4.70. The van der Waals surface area contributed by atoms with Crippen molar-refractivity contribution in [2.24, 2.45) is 0 Å². The van der Waals surface area contributed by atoms with Gasteiger partial charge in [-0.15, -0.1) is 0 Å². The van der Waals surface area contributed by atoms with E-state index in [1.165, 1.54) is 6.26 Å². The fourth-order valence-corrected chi connectivity index (χ4v) is 1.32. The van der Waals surface area contributed by atoms with Crippen molar-refractivity contribution in [3.05, 3.63) is 30.3 Å². The summed E-state index contributed by atoms with van der Waals surface area (Å²) < 4.78 is 10.3. The Kier molecular flexibility index (Phi) is 2.41. The molecule has 4 heteroatoms. The zero-order valence-corrected chi connectivity index (χ0v) is 8.56. The van der Waals surface area contributed by atoms with Crippen LogP contribution in [-0.4, -0.2) is 17.1 Å². The molecule has 0 amide bonds. The third kappa shape index (κ3) is 1.83. The molecule has 15 heavy (non-hydrogen) atoms. The van der Waals surface area contributed by atoms with Gasteiger partial charge < -0.3 is 9.15 Å². The molecule has 0 spiro atoms. The van der Waals surface area contributed by atoms with Crippen molar-refractivity contribution in [3.63, 3.8) is 0 Å². The van der Waals surface area contributed by atoms with Crippen LogP contribution in [-0.2, 0) is 4.74 Å². The summed E-state index contributed by atoms with van der Waals surface area (Å²) >= 11 is 0. The van der Waals surface area contributed by atoms with Crippen LogP contribution >= 0.6 is 0 Å². The van der Waals surface area contributed by atoms with Crippen molar-refractivity contribution >= 4 is 16.9 Å². The number of nitrogens with zero attached hydrogens (tertiary/aromatic N) is 1. The molecule has 0 aliphatic heterocycles. The zero-order chi connectivity index (χ0) is 10.8. The molecule has 0 N–H and O–H groups in total. The van der Waals surface area contributed by atoms with E-state index in [0.29, 0.717) is 11.1 Å². The van der Waals surface area contributed by atoms with Gasteiger partial charge in [0.25, 0.3) is 0 Å². The van der Waals surface area contributed by atoms with E-state index in [1.54, 1.807) is 18.5 Å². The summed E-state index contributed by atoms with van der Waals surface area (Å²) in [5.74, 6) is -0.366. The molecule has 4 nitrogen and oxygen atoms in total. The summed E-state index contributed by atoms with van der Waals surface area (Å²) in [6.07, 6.45) is 4.45. The lowest BCUT2D eigenvalue weighted by Crippen LogP contribution is -2.10. The van der Waals surface area contributed by atoms with E-state index >= 15 is 0 Å². The number of aromatic nitrogens is 1. The van der Waals surface area contributed by atoms with Crippen LogP contribution in [0.25, 0.3) is 11.0 Å². The zero-order valence-electron chi connectivity index (χ0n) is 8.56. The fourth-order valence-electron chi connectivity index (χ4n) is 1.32. The molecule has 2 aromatic rings. The highest BCUT2D eigenvalue weighted by molar-refractivity contribution is 6.02. The van der Waals surface area contributed by atoms with Gasteiger partial charge in [-0.05, 0) is 19.9 Å². The van der Waals surface area contributed by atoms with Gasteiger partial charge in [-0.1, -0.05) is 0 Å². The summed E-state index contributed by atoms with van der Waals surface area (Å²) in [6, 6.07) is 1.73. The molecule has 0 aliphatic rings. The number of carbonyl (C=O) groups is 1. The second-order valence-electron chi connectivity index (χ2n) is 3.48. The largest absolute Gasteiger partial charge is 0.462 e. The van der Waals surface area contributed by atoms with Crippen molar-refractivity contribution in [2.45, 2.75) is 20.0 Å². The SMILES string of the molecule is CC(C)OC(=O)c1coc2cnccc12. The van der Waals surface area contributed by atoms with Crippen LogP contribution in [0.15, 0.2) is 29.1 Å². The van der Waals surface area contributed by atoms with Gasteiger partial charge in [0.1, 0.15) is 11.8 Å². The topological polar surface area (TPSA) is 52.3 Å². The van der Waals surface area contributed by atoms with E-state index in [9.17, 15) is 4.79 Å². The average Bonchev–Trinajstić information content (AvgIpc) is 2.59. The van der Waals surface area contributed by atoms with Crippen molar-refractivity contribution < 1.29 is 13.9 Å². The molecule has 0 saturated heterocycles. The summed E-state index contributed by atoms with van der Waals surface area (Å²) in [6.45, 7) is 3.61. The van der Waals surface area contributed by atoms with Gasteiger partial charge in [-0.3, -0.25) is 4.98 Å². The standard InChI is InChI=1S/C11H11NO3/c1-7(2)15-11(13)9-6-14-10-5-12-4-3-8(9)10/h3-7H,1-2H3. The van der Waals surface area contributed by atoms with Gasteiger partial charge in [0, 0.05) is 11.6 Å². The molecule has 0 fully saturated rings. The minimum Gasteiger partial charge on any atom is -0.462 e. The smallest absolute Gasteiger partial charge is 0.342 e. The minimum atomic E-state index is -0.366. The Balaban J connectivity index is 2.40. The lowest BCUT2D eigenvalue weighted by atomic mass is 10.2. The molecule has 0 aromatic carbocycles. The third-order valence-electron chi connectivity index (χ3n) is 1.94. The molecule has 2 aromatic heterocycles. The van der Waals surface area contributed by atoms with Crippen LogP contribution < -0.4 is 0 Å². The highest BCUT2D eigenvalue weighted by Crippen LogP contribution is 2.20. The molecule has 0 aliphatic carbocycles. The number of fused-ring (bicyclic) bond motifs is 1. The number of furan rings is 1. The molecule has 78 valence electrons. The van der Waals surface area contributed by atoms with E-state index in [0.717, 1.165) is 5.39 Å². The monoisotopic (exact) mass is 205 g/mol. The Hall–Kier alpha value is -1.84. The van der Waals surface area contributed by atoms with E-state index in [-0.39, 0.29) is 12.1 Å². The second-order valence-corrected chi connectivity index (χ2v) is 3.48. The molecule has 2 rings (SSSR count). The highest BCUT2D eigenvalue weighted by atomic mass is 16.5. The van der Waals surface area contributed by atoms with E-state index in [4.69, 9.17) is 9.15 Å². The first kappa shape index (κ1) is 9.71. The van der Waals surface area contributed by atoms with Gasteiger partial charge in [-0.25, -0.2) is 4.79 Å². The van der Waals surface area contributed by atoms with Gasteiger partial charge >= 0.3 is 5.97 Å². The number of carbonyl (C=O) groups excluding carboxylic acids is 1. The lowest BCUT2D eigenvalue weighted by molar-refractivity contribution is 0.0379. The van der Waals surface area contributed by atoms with Crippen LogP contribution in [0.4, 0.5) is 0 Å². The van der Waals surface area contributed by atoms with E-state index in [1.807, 2.05) is 13.8 Å². The molecule has 0 unspecified atom stereocenters. The molecule has 0 atom stereocenters. The Morgan fingerprint density at radius 3 is 3.07 bits per heavy atom. The Morgan fingerprint density at radius 1 is 1.53 bits per heavy atom. The minimum absolute atomic E-state index is 0.135. The maximum atomic E-state index is 11.6. The molecule has 0 saturated carbocycles. The lowest BCUT2D eigenvalue weighted by Gasteiger charge is -2.05. The van der Waals surface area contributed by atoms with Crippen molar-refractivity contribution in [3.8, 4) is 0 Å². The fraction of sp³-hybridized carbons (Fsp3) is 0.273. The predicted molar refractivity (Wildman–Crippen MR) is 54.6 cm³/mol. The van der Waals surface area contributed by atoms with Crippen LogP contribution in [0.5, 0.6) is 0 Å². The van der Waals surface area contributed by atoms with E-state index < -0.39 is 0 Å². The average molecular weight is 205 g/mol. The summed E-state index contributed by atoms with van der Waals surface area (Å²) in [5, 5.41) is 0.732. The Labute approximate surface area is 86.9 Å². The molecule has 2 heterocycles. The summed E-state index contributed by atoms with van der Waals surface area (Å²) in [4.78, 5) is 15.5. The Bertz CT molecular complexity index is 487. The van der Waals surface area contributed by atoms with Crippen molar-refractivity contribution in [2.75, 3.05) is 0 Å². The van der Waals surface area contributed by atoms with Gasteiger partial charge in [0.15, 0.2) is 5.58 Å².